The lowest BCUT2D eigenvalue weighted by Gasteiger charge is -2.04. The third kappa shape index (κ3) is 2.09. The Labute approximate surface area is 105 Å². The molecule has 3 rings (SSSR count). The van der Waals surface area contributed by atoms with E-state index in [1.54, 1.807) is 0 Å². The van der Waals surface area contributed by atoms with Gasteiger partial charge in [-0.2, -0.15) is 0 Å². The Balaban J connectivity index is 1.75. The monoisotopic (exact) mass is 245 g/mol. The Hall–Kier alpha value is -1.88. The van der Waals surface area contributed by atoms with Gasteiger partial charge in [0.05, 0.1) is 18.9 Å². The number of rotatable bonds is 3. The molecule has 1 unspecified atom stereocenters. The lowest BCUT2D eigenvalue weighted by atomic mass is 10.0. The zero-order valence-electron chi connectivity index (χ0n) is 9.97. The van der Waals surface area contributed by atoms with E-state index in [9.17, 15) is 0 Å². The van der Waals surface area contributed by atoms with Crippen molar-refractivity contribution >= 4 is 11.5 Å². The highest BCUT2D eigenvalue weighted by atomic mass is 16.6. The molecule has 0 fully saturated rings. The molecular formula is C13H15N3O2. The summed E-state index contributed by atoms with van der Waals surface area (Å²) >= 11 is 0. The molecule has 5 heteroatoms. The van der Waals surface area contributed by atoms with Gasteiger partial charge in [0.25, 0.3) is 0 Å². The second-order valence-electron chi connectivity index (χ2n) is 4.39. The van der Waals surface area contributed by atoms with E-state index in [-0.39, 0.29) is 12.7 Å². The summed E-state index contributed by atoms with van der Waals surface area (Å²) in [7, 11) is 0. The molecule has 5 nitrogen and oxygen atoms in total. The number of nitrogens with zero attached hydrogens (tertiary/aromatic N) is 2. The fraction of sp³-hybridized carbons (Fsp3) is 0.385. The first-order valence-electron chi connectivity index (χ1n) is 6.09. The predicted molar refractivity (Wildman–Crippen MR) is 69.0 cm³/mol. The van der Waals surface area contributed by atoms with Gasteiger partial charge in [0, 0.05) is 18.5 Å². The lowest BCUT2D eigenvalue weighted by Crippen LogP contribution is -2.19. The van der Waals surface area contributed by atoms with E-state index >= 15 is 0 Å². The number of benzene rings is 1. The van der Waals surface area contributed by atoms with Crippen molar-refractivity contribution in [1.82, 2.24) is 5.32 Å². The van der Waals surface area contributed by atoms with Gasteiger partial charge >= 0.3 is 0 Å². The first-order valence-corrected chi connectivity index (χ1v) is 6.09. The van der Waals surface area contributed by atoms with E-state index < -0.39 is 0 Å². The molecule has 2 aliphatic heterocycles. The van der Waals surface area contributed by atoms with Crippen molar-refractivity contribution in [1.29, 1.82) is 0 Å². The molecule has 1 atom stereocenters. The van der Waals surface area contributed by atoms with Crippen LogP contribution < -0.4 is 5.32 Å². The molecule has 1 aromatic rings. The summed E-state index contributed by atoms with van der Waals surface area (Å²) in [5.74, 6) is 0.958. The minimum Gasteiger partial charge on any atom is -0.392 e. The van der Waals surface area contributed by atoms with Crippen LogP contribution in [0.3, 0.4) is 0 Å². The quantitative estimate of drug-likeness (QED) is 0.816. The topological polar surface area (TPSA) is 66.2 Å². The van der Waals surface area contributed by atoms with Gasteiger partial charge in [0.15, 0.2) is 6.10 Å². The van der Waals surface area contributed by atoms with Gasteiger partial charge in [-0.3, -0.25) is 4.99 Å². The summed E-state index contributed by atoms with van der Waals surface area (Å²) in [6, 6.07) is 8.09. The number of nitrogens with one attached hydrogen (secondary N) is 1. The molecule has 18 heavy (non-hydrogen) atoms. The van der Waals surface area contributed by atoms with Gasteiger partial charge in [0.1, 0.15) is 5.84 Å². The fourth-order valence-corrected chi connectivity index (χ4v) is 2.11. The minimum absolute atomic E-state index is 0.00576. The van der Waals surface area contributed by atoms with Gasteiger partial charge in [-0.15, -0.1) is 0 Å². The van der Waals surface area contributed by atoms with Crippen LogP contribution in [0.4, 0.5) is 0 Å². The highest BCUT2D eigenvalue weighted by molar-refractivity contribution is 6.03. The standard InChI is InChI=1S/C13H15N3O2/c17-8-11-7-12(16-18-11)9-1-3-10(4-2-9)13-14-5-6-15-13/h1-4,11,17H,5-8H2,(H,14,15). The predicted octanol–water partition coefficient (Wildman–Crippen LogP) is 0.522. The average molecular weight is 245 g/mol. The highest BCUT2D eigenvalue weighted by Gasteiger charge is 2.21. The van der Waals surface area contributed by atoms with Gasteiger partial charge < -0.3 is 15.3 Å². The highest BCUT2D eigenvalue weighted by Crippen LogP contribution is 2.17. The van der Waals surface area contributed by atoms with Crippen LogP contribution in [0.1, 0.15) is 17.5 Å². The van der Waals surface area contributed by atoms with Crippen LogP contribution in [0.2, 0.25) is 0 Å². The maximum absolute atomic E-state index is 9.00. The Bertz CT molecular complexity index is 493. The number of hydrogen-bond acceptors (Lipinski definition) is 5. The van der Waals surface area contributed by atoms with Crippen molar-refractivity contribution in [3.63, 3.8) is 0 Å². The normalized spacial score (nSPS) is 22.2. The molecule has 0 radical (unpaired) electrons. The third-order valence-corrected chi connectivity index (χ3v) is 3.10. The van der Waals surface area contributed by atoms with Crippen LogP contribution in [0.5, 0.6) is 0 Å². The molecule has 0 spiro atoms. The molecule has 94 valence electrons. The second kappa shape index (κ2) is 4.78. The fourth-order valence-electron chi connectivity index (χ4n) is 2.11. The number of aliphatic imine (C=N–C) groups is 1. The van der Waals surface area contributed by atoms with E-state index in [1.807, 2.05) is 24.3 Å². The Kier molecular flexibility index (Phi) is 2.98. The van der Waals surface area contributed by atoms with E-state index in [0.29, 0.717) is 6.42 Å². The van der Waals surface area contributed by atoms with Crippen LogP contribution in [0, 0.1) is 0 Å². The SMILES string of the molecule is OCC1CC(c2ccc(C3=NCCN3)cc2)=NO1. The van der Waals surface area contributed by atoms with Gasteiger partial charge in [-0.25, -0.2) is 0 Å². The number of aliphatic hydroxyl groups excluding tert-OH is 1. The number of aliphatic hydroxyl groups is 1. The van der Waals surface area contributed by atoms with Crippen LogP contribution in [0.15, 0.2) is 34.4 Å². The number of amidine groups is 1. The summed E-state index contributed by atoms with van der Waals surface area (Å²) in [5.41, 5.74) is 3.02. The Morgan fingerprint density at radius 1 is 1.28 bits per heavy atom. The Morgan fingerprint density at radius 2 is 2.06 bits per heavy atom. The summed E-state index contributed by atoms with van der Waals surface area (Å²) < 4.78 is 0. The molecule has 2 heterocycles. The van der Waals surface area contributed by atoms with Crippen molar-refractivity contribution in [2.45, 2.75) is 12.5 Å². The third-order valence-electron chi connectivity index (χ3n) is 3.10. The Morgan fingerprint density at radius 3 is 2.67 bits per heavy atom. The van der Waals surface area contributed by atoms with Crippen molar-refractivity contribution < 1.29 is 9.94 Å². The summed E-state index contributed by atoms with van der Waals surface area (Å²) in [4.78, 5) is 9.48. The molecule has 0 aromatic heterocycles. The zero-order valence-corrected chi connectivity index (χ0v) is 9.97. The van der Waals surface area contributed by atoms with Crippen LogP contribution in [-0.2, 0) is 4.84 Å². The number of hydrogen-bond donors (Lipinski definition) is 2. The first kappa shape index (κ1) is 11.2. The van der Waals surface area contributed by atoms with E-state index in [0.717, 1.165) is 35.8 Å². The molecule has 1 aromatic carbocycles. The van der Waals surface area contributed by atoms with Crippen LogP contribution in [-0.4, -0.2) is 42.5 Å². The smallest absolute Gasteiger partial charge is 0.156 e. The summed E-state index contributed by atoms with van der Waals surface area (Å²) in [5, 5.41) is 16.2. The van der Waals surface area contributed by atoms with Crippen molar-refractivity contribution in [3.8, 4) is 0 Å². The largest absolute Gasteiger partial charge is 0.392 e. The minimum atomic E-state index is -0.194. The van der Waals surface area contributed by atoms with Crippen molar-refractivity contribution in [3.05, 3.63) is 35.4 Å². The maximum atomic E-state index is 9.00. The molecule has 2 N–H and O–H groups in total. The lowest BCUT2D eigenvalue weighted by molar-refractivity contribution is 0.0390. The van der Waals surface area contributed by atoms with Crippen LogP contribution >= 0.6 is 0 Å². The maximum Gasteiger partial charge on any atom is 0.156 e. The van der Waals surface area contributed by atoms with E-state index in [1.165, 1.54) is 0 Å². The van der Waals surface area contributed by atoms with Crippen molar-refractivity contribution in [2.24, 2.45) is 10.1 Å². The van der Waals surface area contributed by atoms with Gasteiger partial charge in [0.2, 0.25) is 0 Å². The average Bonchev–Trinajstić information content (AvgIpc) is 3.10. The van der Waals surface area contributed by atoms with Crippen molar-refractivity contribution in [2.75, 3.05) is 19.7 Å². The zero-order chi connectivity index (χ0) is 12.4. The molecule has 0 saturated heterocycles. The molecule has 2 aliphatic rings. The second-order valence-corrected chi connectivity index (χ2v) is 4.39. The van der Waals surface area contributed by atoms with E-state index in [4.69, 9.17) is 9.94 Å². The molecule has 0 amide bonds. The van der Waals surface area contributed by atoms with E-state index in [2.05, 4.69) is 15.5 Å². The molecule has 0 bridgehead atoms. The van der Waals surface area contributed by atoms with Gasteiger partial charge in [-0.1, -0.05) is 29.4 Å². The molecule has 0 aliphatic carbocycles. The van der Waals surface area contributed by atoms with Crippen LogP contribution in [0.25, 0.3) is 0 Å². The number of oxime groups is 1. The van der Waals surface area contributed by atoms with Gasteiger partial charge in [-0.05, 0) is 5.56 Å². The summed E-state index contributed by atoms with van der Waals surface area (Å²) in [6.45, 7) is 1.76. The molecule has 0 saturated carbocycles. The first-order chi connectivity index (χ1) is 8.86. The molecular weight excluding hydrogens is 230 g/mol. The summed E-state index contributed by atoms with van der Waals surface area (Å²) in [6.07, 6.45) is 0.468.